The molecule has 1 fully saturated rings. The smallest absolute Gasteiger partial charge is 0.308 e. The van der Waals surface area contributed by atoms with Crippen molar-refractivity contribution in [3.63, 3.8) is 0 Å². The second-order valence-electron chi connectivity index (χ2n) is 6.73. The summed E-state index contributed by atoms with van der Waals surface area (Å²) in [7, 11) is 0. The van der Waals surface area contributed by atoms with Gasteiger partial charge in [0.2, 0.25) is 0 Å². The van der Waals surface area contributed by atoms with E-state index in [-0.39, 0.29) is 30.0 Å². The van der Waals surface area contributed by atoms with Crippen molar-refractivity contribution in [2.24, 2.45) is 5.92 Å². The van der Waals surface area contributed by atoms with Gasteiger partial charge in [0.05, 0.1) is 18.2 Å². The summed E-state index contributed by atoms with van der Waals surface area (Å²) in [5, 5.41) is 17.3. The van der Waals surface area contributed by atoms with Gasteiger partial charge in [-0.15, -0.1) is 5.10 Å². The Morgan fingerprint density at radius 1 is 1.27 bits per heavy atom. The highest BCUT2D eigenvalue weighted by molar-refractivity contribution is 5.93. The molecule has 2 unspecified atom stereocenters. The Balaban J connectivity index is 1.78. The van der Waals surface area contributed by atoms with E-state index in [1.54, 1.807) is 28.6 Å². The van der Waals surface area contributed by atoms with Crippen LogP contribution in [0, 0.1) is 18.7 Å². The monoisotopic (exact) mass is 360 g/mol. The molecule has 138 valence electrons. The van der Waals surface area contributed by atoms with Crippen LogP contribution < -0.4 is 0 Å². The van der Waals surface area contributed by atoms with E-state index in [1.165, 1.54) is 12.1 Å². The van der Waals surface area contributed by atoms with Gasteiger partial charge in [0.15, 0.2) is 5.69 Å². The first kappa shape index (κ1) is 18.0. The number of aliphatic carboxylic acids is 1. The van der Waals surface area contributed by atoms with Crippen molar-refractivity contribution in [1.82, 2.24) is 19.9 Å². The van der Waals surface area contributed by atoms with E-state index in [1.807, 2.05) is 6.92 Å². The van der Waals surface area contributed by atoms with Crippen LogP contribution in [0.15, 0.2) is 24.3 Å². The van der Waals surface area contributed by atoms with Crippen molar-refractivity contribution in [3.05, 3.63) is 47.0 Å². The molecule has 8 heteroatoms. The first-order valence-electron chi connectivity index (χ1n) is 8.55. The summed E-state index contributed by atoms with van der Waals surface area (Å²) in [6, 6.07) is 6.01. The zero-order valence-electron chi connectivity index (χ0n) is 14.7. The number of likely N-dealkylation sites (tertiary alicyclic amines) is 1. The van der Waals surface area contributed by atoms with Gasteiger partial charge in [0.25, 0.3) is 5.91 Å². The molecule has 3 rings (SSSR count). The lowest BCUT2D eigenvalue weighted by molar-refractivity contribution is -0.143. The predicted molar refractivity (Wildman–Crippen MR) is 91.1 cm³/mol. The van der Waals surface area contributed by atoms with Gasteiger partial charge in [0.1, 0.15) is 5.82 Å². The minimum atomic E-state index is -0.883. The Morgan fingerprint density at radius 2 is 1.96 bits per heavy atom. The average molecular weight is 360 g/mol. The topological polar surface area (TPSA) is 88.3 Å². The van der Waals surface area contributed by atoms with Crippen molar-refractivity contribution in [1.29, 1.82) is 0 Å². The van der Waals surface area contributed by atoms with Crippen LogP contribution in [0.2, 0.25) is 0 Å². The number of piperidine rings is 1. The lowest BCUT2D eigenvalue weighted by atomic mass is 9.93. The van der Waals surface area contributed by atoms with E-state index in [0.29, 0.717) is 25.1 Å². The lowest BCUT2D eigenvalue weighted by Gasteiger charge is -2.36. The zero-order chi connectivity index (χ0) is 18.8. The summed E-state index contributed by atoms with van der Waals surface area (Å²) in [4.78, 5) is 25.7. The fourth-order valence-electron chi connectivity index (χ4n) is 3.20. The van der Waals surface area contributed by atoms with Crippen molar-refractivity contribution in [2.75, 3.05) is 6.54 Å². The second-order valence-corrected chi connectivity index (χ2v) is 6.73. The molecule has 0 saturated carbocycles. The second kappa shape index (κ2) is 7.23. The molecule has 1 aliphatic rings. The fourth-order valence-corrected chi connectivity index (χ4v) is 3.20. The Kier molecular flexibility index (Phi) is 5.01. The van der Waals surface area contributed by atoms with Crippen molar-refractivity contribution < 1.29 is 19.1 Å². The maximum atomic E-state index is 13.0. The molecule has 1 N–H and O–H groups in total. The molecule has 2 heterocycles. The number of halogens is 1. The molecule has 0 bridgehead atoms. The average Bonchev–Trinajstić information content (AvgIpc) is 2.97. The molecule has 2 aromatic rings. The zero-order valence-corrected chi connectivity index (χ0v) is 14.7. The Bertz CT molecular complexity index is 818. The third-order valence-electron chi connectivity index (χ3n) is 4.92. The predicted octanol–water partition coefficient (Wildman–Crippen LogP) is 2.10. The highest BCUT2D eigenvalue weighted by Gasteiger charge is 2.34. The van der Waals surface area contributed by atoms with Gasteiger partial charge >= 0.3 is 5.97 Å². The standard InChI is InChI=1S/C18H21FN4O3/c1-11-3-6-14(18(25)26)10-22(11)17(24)16-12(2)23(21-20-16)9-13-4-7-15(19)8-5-13/h4-5,7-8,11,14H,3,6,9-10H2,1-2H3,(H,25,26). The first-order chi connectivity index (χ1) is 12.4. The maximum absolute atomic E-state index is 13.0. The number of carboxylic acids is 1. The van der Waals surface area contributed by atoms with Gasteiger partial charge < -0.3 is 10.0 Å². The minimum Gasteiger partial charge on any atom is -0.481 e. The summed E-state index contributed by atoms with van der Waals surface area (Å²) in [6.45, 7) is 4.22. The largest absolute Gasteiger partial charge is 0.481 e. The van der Waals surface area contributed by atoms with E-state index in [0.717, 1.165) is 5.56 Å². The number of rotatable bonds is 4. The van der Waals surface area contributed by atoms with Crippen molar-refractivity contribution in [3.8, 4) is 0 Å². The molecule has 1 saturated heterocycles. The van der Waals surface area contributed by atoms with Crippen LogP contribution in [-0.4, -0.2) is 49.5 Å². The van der Waals surface area contributed by atoms with E-state index in [9.17, 15) is 19.1 Å². The molecular weight excluding hydrogens is 339 g/mol. The van der Waals surface area contributed by atoms with Crippen LogP contribution in [0.1, 0.15) is 41.5 Å². The van der Waals surface area contributed by atoms with Crippen LogP contribution in [0.25, 0.3) is 0 Å². The third-order valence-corrected chi connectivity index (χ3v) is 4.92. The number of benzene rings is 1. The first-order valence-corrected chi connectivity index (χ1v) is 8.55. The number of aromatic nitrogens is 3. The molecule has 7 nitrogen and oxygen atoms in total. The Hall–Kier alpha value is -2.77. The van der Waals surface area contributed by atoms with Crippen LogP contribution >= 0.6 is 0 Å². The van der Waals surface area contributed by atoms with E-state index in [4.69, 9.17) is 0 Å². The van der Waals surface area contributed by atoms with Crippen LogP contribution in [0.3, 0.4) is 0 Å². The molecule has 0 radical (unpaired) electrons. The van der Waals surface area contributed by atoms with Crippen molar-refractivity contribution >= 4 is 11.9 Å². The highest BCUT2D eigenvalue weighted by Crippen LogP contribution is 2.24. The van der Waals surface area contributed by atoms with Crippen LogP contribution in [-0.2, 0) is 11.3 Å². The summed E-state index contributed by atoms with van der Waals surface area (Å²) in [5.41, 5.74) is 1.67. The maximum Gasteiger partial charge on any atom is 0.308 e. The number of amides is 1. The van der Waals surface area contributed by atoms with Crippen LogP contribution in [0.4, 0.5) is 4.39 Å². The Labute approximate surface area is 150 Å². The number of carbonyl (C=O) groups excluding carboxylic acids is 1. The fraction of sp³-hybridized carbons (Fsp3) is 0.444. The Morgan fingerprint density at radius 3 is 2.62 bits per heavy atom. The van der Waals surface area contributed by atoms with Gasteiger partial charge in [-0.1, -0.05) is 17.3 Å². The molecule has 1 aromatic carbocycles. The molecule has 26 heavy (non-hydrogen) atoms. The molecule has 1 amide bonds. The minimum absolute atomic E-state index is 0.0419. The number of hydrogen-bond donors (Lipinski definition) is 1. The molecular formula is C18H21FN4O3. The summed E-state index contributed by atoms with van der Waals surface area (Å²) < 4.78 is 14.6. The van der Waals surface area contributed by atoms with Gasteiger partial charge in [0, 0.05) is 12.6 Å². The van der Waals surface area contributed by atoms with Crippen molar-refractivity contribution in [2.45, 2.75) is 39.3 Å². The quantitative estimate of drug-likeness (QED) is 0.902. The number of carbonyl (C=O) groups is 2. The molecule has 0 spiro atoms. The summed E-state index contributed by atoms with van der Waals surface area (Å²) in [5.74, 6) is -2.05. The van der Waals surface area contributed by atoms with E-state index >= 15 is 0 Å². The highest BCUT2D eigenvalue weighted by atomic mass is 19.1. The third kappa shape index (κ3) is 3.58. The number of carboxylic acid groups (broad SMARTS) is 1. The van der Waals surface area contributed by atoms with Gasteiger partial charge in [-0.25, -0.2) is 9.07 Å². The normalized spacial score (nSPS) is 20.2. The summed E-state index contributed by atoms with van der Waals surface area (Å²) in [6.07, 6.45) is 1.21. The molecule has 1 aromatic heterocycles. The number of nitrogens with zero attached hydrogens (tertiary/aromatic N) is 4. The van der Waals surface area contributed by atoms with E-state index in [2.05, 4.69) is 10.3 Å². The molecule has 1 aliphatic heterocycles. The van der Waals surface area contributed by atoms with Crippen LogP contribution in [0.5, 0.6) is 0 Å². The van der Waals surface area contributed by atoms with Gasteiger partial charge in [-0.05, 0) is 44.4 Å². The number of hydrogen-bond acceptors (Lipinski definition) is 4. The lowest BCUT2D eigenvalue weighted by Crippen LogP contribution is -2.47. The van der Waals surface area contributed by atoms with Gasteiger partial charge in [-0.3, -0.25) is 9.59 Å². The molecule has 2 atom stereocenters. The van der Waals surface area contributed by atoms with E-state index < -0.39 is 11.9 Å². The SMILES string of the molecule is Cc1c(C(=O)N2CC(C(=O)O)CCC2C)nnn1Cc1ccc(F)cc1. The summed E-state index contributed by atoms with van der Waals surface area (Å²) >= 11 is 0. The van der Waals surface area contributed by atoms with Gasteiger partial charge in [-0.2, -0.15) is 0 Å². The molecule has 0 aliphatic carbocycles.